The largest absolute Gasteiger partial charge is 0.497 e. The lowest BCUT2D eigenvalue weighted by molar-refractivity contribution is 0.132. The van der Waals surface area contributed by atoms with E-state index in [1.165, 1.54) is 11.1 Å². The van der Waals surface area contributed by atoms with Gasteiger partial charge in [-0.25, -0.2) is 0 Å². The van der Waals surface area contributed by atoms with E-state index in [2.05, 4.69) is 25.7 Å². The summed E-state index contributed by atoms with van der Waals surface area (Å²) in [5.41, 5.74) is 1.71. The summed E-state index contributed by atoms with van der Waals surface area (Å²) < 4.78 is 11.4. The van der Waals surface area contributed by atoms with Crippen molar-refractivity contribution in [3.05, 3.63) is 29.3 Å². The third-order valence-corrected chi connectivity index (χ3v) is 4.07. The van der Waals surface area contributed by atoms with Crippen molar-refractivity contribution in [3.8, 4) is 11.8 Å². The van der Waals surface area contributed by atoms with Crippen LogP contribution < -0.4 is 4.74 Å². The minimum Gasteiger partial charge on any atom is -0.497 e. The Hall–Kier alpha value is -1.31. The zero-order chi connectivity index (χ0) is 13.4. The van der Waals surface area contributed by atoms with Gasteiger partial charge in [0.15, 0.2) is 13.9 Å². The third-order valence-electron chi connectivity index (χ3n) is 3.07. The van der Waals surface area contributed by atoms with E-state index in [0.717, 1.165) is 5.75 Å². The first-order chi connectivity index (χ1) is 8.37. The van der Waals surface area contributed by atoms with Gasteiger partial charge < -0.3 is 9.16 Å². The summed E-state index contributed by atoms with van der Waals surface area (Å²) in [5, 5.41) is 9.49. The molecule has 1 atom stereocenters. The molecule has 0 amide bonds. The molecule has 0 unspecified atom stereocenters. The Balaban J connectivity index is 2.29. The van der Waals surface area contributed by atoms with Crippen LogP contribution in [0.1, 0.15) is 11.1 Å². The van der Waals surface area contributed by atoms with Crippen LogP contribution in [0.25, 0.3) is 0 Å². The molecule has 0 heterocycles. The summed E-state index contributed by atoms with van der Waals surface area (Å²) in [6, 6.07) is 8.39. The van der Waals surface area contributed by atoms with Gasteiger partial charge in [0.25, 0.3) is 0 Å². The number of rotatable bonds is 3. The molecule has 0 saturated carbocycles. The number of fused-ring (bicyclic) bond motifs is 1. The lowest BCUT2D eigenvalue weighted by Gasteiger charge is -2.29. The Morgan fingerprint density at radius 1 is 1.22 bits per heavy atom. The standard InChI is InChI=1S/C14H19NO2Si/c1-16-13-6-5-11-8-14(10-15,9-12(11)7-13)17-18(2,3)4/h5-7H,8-9H2,1-4H3/t14-/m1/s1. The molecule has 0 fully saturated rings. The molecule has 1 aliphatic carbocycles. The summed E-state index contributed by atoms with van der Waals surface area (Å²) in [5.74, 6) is 0.843. The lowest BCUT2D eigenvalue weighted by Crippen LogP contribution is -2.42. The van der Waals surface area contributed by atoms with Crippen molar-refractivity contribution in [1.82, 2.24) is 0 Å². The quantitative estimate of drug-likeness (QED) is 0.786. The van der Waals surface area contributed by atoms with Crippen LogP contribution in [-0.4, -0.2) is 21.0 Å². The van der Waals surface area contributed by atoms with Gasteiger partial charge in [-0.2, -0.15) is 5.26 Å². The minimum atomic E-state index is -1.73. The molecule has 4 heteroatoms. The number of ether oxygens (including phenoxy) is 1. The maximum Gasteiger partial charge on any atom is 0.185 e. The van der Waals surface area contributed by atoms with Gasteiger partial charge in [-0.05, 0) is 42.9 Å². The van der Waals surface area contributed by atoms with E-state index in [9.17, 15) is 5.26 Å². The van der Waals surface area contributed by atoms with Gasteiger partial charge in [0.05, 0.1) is 13.2 Å². The zero-order valence-electron chi connectivity index (χ0n) is 11.4. The maximum atomic E-state index is 9.49. The van der Waals surface area contributed by atoms with Gasteiger partial charge in [-0.3, -0.25) is 0 Å². The number of nitriles is 1. The molecule has 2 rings (SSSR count). The molecule has 0 bridgehead atoms. The molecular weight excluding hydrogens is 242 g/mol. The SMILES string of the molecule is COc1ccc2c(c1)C[C@](C#N)(O[Si](C)(C)C)C2. The molecule has 1 aromatic carbocycles. The Kier molecular flexibility index (Phi) is 3.22. The fourth-order valence-electron chi connectivity index (χ4n) is 2.50. The molecule has 0 aromatic heterocycles. The molecule has 0 saturated heterocycles. The molecule has 0 spiro atoms. The first-order valence-corrected chi connectivity index (χ1v) is 9.55. The summed E-state index contributed by atoms with van der Waals surface area (Å²) >= 11 is 0. The zero-order valence-corrected chi connectivity index (χ0v) is 12.4. The normalized spacial score (nSPS) is 22.4. The monoisotopic (exact) mass is 261 g/mol. The second-order valence-electron chi connectivity index (χ2n) is 5.81. The highest BCUT2D eigenvalue weighted by molar-refractivity contribution is 6.69. The number of nitrogens with zero attached hydrogens (tertiary/aromatic N) is 1. The first kappa shape index (κ1) is 13.1. The van der Waals surface area contributed by atoms with Gasteiger partial charge in [-0.15, -0.1) is 0 Å². The number of methoxy groups -OCH3 is 1. The average Bonchev–Trinajstić information content (AvgIpc) is 2.63. The number of hydrogen-bond acceptors (Lipinski definition) is 3. The van der Waals surface area contributed by atoms with Crippen LogP contribution in [0.3, 0.4) is 0 Å². The van der Waals surface area contributed by atoms with Gasteiger partial charge >= 0.3 is 0 Å². The fourth-order valence-corrected chi connectivity index (χ4v) is 3.87. The highest BCUT2D eigenvalue weighted by Gasteiger charge is 2.41. The predicted octanol–water partition coefficient (Wildman–Crippen LogP) is 2.91. The molecule has 1 aliphatic rings. The molecule has 1 aromatic rings. The fraction of sp³-hybridized carbons (Fsp3) is 0.500. The maximum absolute atomic E-state index is 9.49. The first-order valence-electron chi connectivity index (χ1n) is 6.15. The van der Waals surface area contributed by atoms with E-state index >= 15 is 0 Å². The molecular formula is C14H19NO2Si. The second-order valence-corrected chi connectivity index (χ2v) is 10.2. The van der Waals surface area contributed by atoms with Crippen LogP contribution in [0.5, 0.6) is 5.75 Å². The highest BCUT2D eigenvalue weighted by Crippen LogP contribution is 2.36. The second kappa shape index (κ2) is 4.41. The van der Waals surface area contributed by atoms with Crippen molar-refractivity contribution in [1.29, 1.82) is 5.26 Å². The van der Waals surface area contributed by atoms with E-state index in [4.69, 9.17) is 9.16 Å². The van der Waals surface area contributed by atoms with E-state index in [1.807, 2.05) is 18.2 Å². The highest BCUT2D eigenvalue weighted by atomic mass is 28.4. The summed E-state index contributed by atoms with van der Waals surface area (Å²) in [6.45, 7) is 6.36. The van der Waals surface area contributed by atoms with E-state index in [-0.39, 0.29) is 0 Å². The average molecular weight is 261 g/mol. The van der Waals surface area contributed by atoms with Crippen molar-refractivity contribution < 1.29 is 9.16 Å². The van der Waals surface area contributed by atoms with Crippen LogP contribution in [0, 0.1) is 11.3 Å². The van der Waals surface area contributed by atoms with Gasteiger partial charge in [0, 0.05) is 12.8 Å². The minimum absolute atomic E-state index is 0.667. The summed E-state index contributed by atoms with van der Waals surface area (Å²) in [7, 11) is -0.0708. The van der Waals surface area contributed by atoms with Crippen LogP contribution in [-0.2, 0) is 17.3 Å². The number of benzene rings is 1. The van der Waals surface area contributed by atoms with Gasteiger partial charge in [-0.1, -0.05) is 6.07 Å². The molecule has 96 valence electrons. The smallest absolute Gasteiger partial charge is 0.185 e. The van der Waals surface area contributed by atoms with Crippen molar-refractivity contribution >= 4 is 8.32 Å². The summed E-state index contributed by atoms with van der Waals surface area (Å²) in [4.78, 5) is 0. The van der Waals surface area contributed by atoms with Crippen molar-refractivity contribution in [2.24, 2.45) is 0 Å². The van der Waals surface area contributed by atoms with Crippen molar-refractivity contribution in [2.75, 3.05) is 7.11 Å². The topological polar surface area (TPSA) is 42.2 Å². The Labute approximate surface area is 109 Å². The Bertz CT molecular complexity index is 501. The van der Waals surface area contributed by atoms with Gasteiger partial charge in [0.2, 0.25) is 0 Å². The Morgan fingerprint density at radius 3 is 2.44 bits per heavy atom. The van der Waals surface area contributed by atoms with Crippen LogP contribution >= 0.6 is 0 Å². The van der Waals surface area contributed by atoms with Crippen molar-refractivity contribution in [2.45, 2.75) is 38.1 Å². The predicted molar refractivity (Wildman–Crippen MR) is 73.2 cm³/mol. The lowest BCUT2D eigenvalue weighted by atomic mass is 10.0. The molecule has 0 radical (unpaired) electrons. The van der Waals surface area contributed by atoms with E-state index in [0.29, 0.717) is 12.8 Å². The third kappa shape index (κ3) is 2.58. The van der Waals surface area contributed by atoms with E-state index in [1.54, 1.807) is 7.11 Å². The molecule has 0 N–H and O–H groups in total. The van der Waals surface area contributed by atoms with Crippen LogP contribution in [0.4, 0.5) is 0 Å². The molecule has 18 heavy (non-hydrogen) atoms. The van der Waals surface area contributed by atoms with Gasteiger partial charge in [0.1, 0.15) is 5.75 Å². The van der Waals surface area contributed by atoms with E-state index < -0.39 is 13.9 Å². The Morgan fingerprint density at radius 2 is 1.89 bits per heavy atom. The van der Waals surface area contributed by atoms with Crippen LogP contribution in [0.2, 0.25) is 19.6 Å². The number of hydrogen-bond donors (Lipinski definition) is 0. The summed E-state index contributed by atoms with van der Waals surface area (Å²) in [6.07, 6.45) is 1.35. The van der Waals surface area contributed by atoms with Crippen LogP contribution in [0.15, 0.2) is 18.2 Å². The van der Waals surface area contributed by atoms with Crippen molar-refractivity contribution in [3.63, 3.8) is 0 Å². The molecule has 0 aliphatic heterocycles. The molecule has 3 nitrogen and oxygen atoms in total.